The molecule has 2 rings (SSSR count). The van der Waals surface area contributed by atoms with E-state index in [2.05, 4.69) is 0 Å². The molecule has 0 bridgehead atoms. The minimum Gasteiger partial charge on any atom is -0.493 e. The number of benzene rings is 2. The second-order valence-electron chi connectivity index (χ2n) is 4.53. The molecule has 0 aliphatic carbocycles. The van der Waals surface area contributed by atoms with Gasteiger partial charge in [-0.15, -0.1) is 0 Å². The van der Waals surface area contributed by atoms with Crippen LogP contribution in [0, 0.1) is 0 Å². The normalized spacial score (nSPS) is 11.9. The van der Waals surface area contributed by atoms with Crippen LogP contribution in [0.15, 0.2) is 48.5 Å². The molecule has 0 fully saturated rings. The fourth-order valence-electron chi connectivity index (χ4n) is 1.91. The lowest BCUT2D eigenvalue weighted by Gasteiger charge is -2.14. The zero-order valence-corrected chi connectivity index (χ0v) is 11.6. The van der Waals surface area contributed by atoms with Crippen molar-refractivity contribution >= 4 is 0 Å². The van der Waals surface area contributed by atoms with Crippen LogP contribution >= 0.6 is 0 Å². The standard InChI is InChI=1S/C16H20N2O2/c1-19-16-9-13(14(18)10-17)7-8-15(16)20-11-12-5-3-2-4-6-12/h2-9,14H,10-11,17-18H2,1H3/t14-/m0/s1. The number of methoxy groups -OCH3 is 1. The molecule has 0 aliphatic rings. The third kappa shape index (κ3) is 3.50. The molecular formula is C16H20N2O2. The van der Waals surface area contributed by atoms with Gasteiger partial charge in [-0.2, -0.15) is 0 Å². The van der Waals surface area contributed by atoms with Gasteiger partial charge in [0.2, 0.25) is 0 Å². The quantitative estimate of drug-likeness (QED) is 0.846. The average Bonchev–Trinajstić information content (AvgIpc) is 2.53. The molecule has 4 heteroatoms. The predicted molar refractivity (Wildman–Crippen MR) is 79.8 cm³/mol. The monoisotopic (exact) mass is 272 g/mol. The summed E-state index contributed by atoms with van der Waals surface area (Å²) in [6, 6.07) is 15.5. The topological polar surface area (TPSA) is 70.5 Å². The molecule has 4 N–H and O–H groups in total. The summed E-state index contributed by atoms with van der Waals surface area (Å²) >= 11 is 0. The molecule has 0 radical (unpaired) electrons. The van der Waals surface area contributed by atoms with Crippen LogP contribution in [-0.2, 0) is 6.61 Å². The molecule has 0 spiro atoms. The maximum absolute atomic E-state index is 5.91. The molecule has 1 atom stereocenters. The maximum atomic E-state index is 5.91. The first kappa shape index (κ1) is 14.4. The van der Waals surface area contributed by atoms with Gasteiger partial charge < -0.3 is 20.9 Å². The van der Waals surface area contributed by atoms with E-state index in [1.54, 1.807) is 7.11 Å². The summed E-state index contributed by atoms with van der Waals surface area (Å²) in [5.74, 6) is 1.37. The third-order valence-corrected chi connectivity index (χ3v) is 3.11. The van der Waals surface area contributed by atoms with E-state index in [0.29, 0.717) is 24.7 Å². The number of hydrogen-bond acceptors (Lipinski definition) is 4. The Balaban J connectivity index is 2.11. The first-order valence-electron chi connectivity index (χ1n) is 6.55. The summed E-state index contributed by atoms with van der Waals surface area (Å²) in [4.78, 5) is 0. The van der Waals surface area contributed by atoms with Crippen molar-refractivity contribution in [2.45, 2.75) is 12.6 Å². The van der Waals surface area contributed by atoms with E-state index < -0.39 is 0 Å². The zero-order chi connectivity index (χ0) is 14.4. The number of ether oxygens (including phenoxy) is 2. The Kier molecular flexibility index (Phi) is 4.98. The van der Waals surface area contributed by atoms with Crippen molar-refractivity contribution < 1.29 is 9.47 Å². The molecule has 0 saturated carbocycles. The predicted octanol–water partition coefficient (Wildman–Crippen LogP) is 2.23. The fourth-order valence-corrected chi connectivity index (χ4v) is 1.91. The van der Waals surface area contributed by atoms with Crippen LogP contribution in [-0.4, -0.2) is 13.7 Å². The molecule has 106 valence electrons. The van der Waals surface area contributed by atoms with E-state index in [1.807, 2.05) is 48.5 Å². The average molecular weight is 272 g/mol. The number of nitrogens with two attached hydrogens (primary N) is 2. The van der Waals surface area contributed by atoms with Crippen LogP contribution < -0.4 is 20.9 Å². The van der Waals surface area contributed by atoms with Crippen molar-refractivity contribution in [3.8, 4) is 11.5 Å². The molecule has 0 amide bonds. The number of rotatable bonds is 6. The van der Waals surface area contributed by atoms with Gasteiger partial charge in [-0.25, -0.2) is 0 Å². The lowest BCUT2D eigenvalue weighted by Crippen LogP contribution is -2.20. The van der Waals surface area contributed by atoms with Crippen molar-refractivity contribution in [2.75, 3.05) is 13.7 Å². The van der Waals surface area contributed by atoms with Gasteiger partial charge in [0.05, 0.1) is 7.11 Å². The van der Waals surface area contributed by atoms with Gasteiger partial charge in [-0.3, -0.25) is 0 Å². The summed E-state index contributed by atoms with van der Waals surface area (Å²) in [6.07, 6.45) is 0. The Morgan fingerprint density at radius 2 is 1.80 bits per heavy atom. The van der Waals surface area contributed by atoms with Gasteiger partial charge in [0.15, 0.2) is 11.5 Å². The van der Waals surface area contributed by atoms with Crippen LogP contribution in [0.1, 0.15) is 17.2 Å². The highest BCUT2D eigenvalue weighted by Crippen LogP contribution is 2.30. The summed E-state index contributed by atoms with van der Waals surface area (Å²) in [5, 5.41) is 0. The van der Waals surface area contributed by atoms with Gasteiger partial charge >= 0.3 is 0 Å². The van der Waals surface area contributed by atoms with Gasteiger partial charge in [0, 0.05) is 12.6 Å². The van der Waals surface area contributed by atoms with Crippen LogP contribution in [0.3, 0.4) is 0 Å². The summed E-state index contributed by atoms with van der Waals surface area (Å²) < 4.78 is 11.1. The van der Waals surface area contributed by atoms with Crippen molar-refractivity contribution in [3.05, 3.63) is 59.7 Å². The van der Waals surface area contributed by atoms with E-state index >= 15 is 0 Å². The van der Waals surface area contributed by atoms with E-state index in [1.165, 1.54) is 0 Å². The van der Waals surface area contributed by atoms with Crippen molar-refractivity contribution in [1.29, 1.82) is 0 Å². The minimum atomic E-state index is -0.188. The Labute approximate surface area is 119 Å². The van der Waals surface area contributed by atoms with Crippen LogP contribution in [0.4, 0.5) is 0 Å². The molecule has 2 aromatic rings. The van der Waals surface area contributed by atoms with E-state index in [-0.39, 0.29) is 6.04 Å². The largest absolute Gasteiger partial charge is 0.493 e. The summed E-state index contributed by atoms with van der Waals surface area (Å²) in [7, 11) is 1.61. The van der Waals surface area contributed by atoms with Gasteiger partial charge in [-0.1, -0.05) is 36.4 Å². The minimum absolute atomic E-state index is 0.188. The SMILES string of the molecule is COc1cc([C@@H](N)CN)ccc1OCc1ccccc1. The van der Waals surface area contributed by atoms with Crippen molar-refractivity contribution in [3.63, 3.8) is 0 Å². The molecule has 20 heavy (non-hydrogen) atoms. The van der Waals surface area contributed by atoms with E-state index in [9.17, 15) is 0 Å². The van der Waals surface area contributed by atoms with Crippen LogP contribution in [0.2, 0.25) is 0 Å². The lowest BCUT2D eigenvalue weighted by molar-refractivity contribution is 0.284. The van der Waals surface area contributed by atoms with E-state index in [0.717, 1.165) is 11.1 Å². The highest BCUT2D eigenvalue weighted by molar-refractivity contribution is 5.44. The van der Waals surface area contributed by atoms with Gasteiger partial charge in [0.1, 0.15) is 6.61 Å². The molecule has 0 saturated heterocycles. The Hall–Kier alpha value is -2.04. The summed E-state index contributed by atoms with van der Waals surface area (Å²) in [5.41, 5.74) is 13.5. The summed E-state index contributed by atoms with van der Waals surface area (Å²) in [6.45, 7) is 0.896. The maximum Gasteiger partial charge on any atom is 0.161 e. The van der Waals surface area contributed by atoms with Crippen LogP contribution in [0.25, 0.3) is 0 Å². The molecule has 2 aromatic carbocycles. The number of hydrogen-bond donors (Lipinski definition) is 2. The fraction of sp³-hybridized carbons (Fsp3) is 0.250. The van der Waals surface area contributed by atoms with Gasteiger partial charge in [0.25, 0.3) is 0 Å². The highest BCUT2D eigenvalue weighted by atomic mass is 16.5. The van der Waals surface area contributed by atoms with Crippen molar-refractivity contribution in [2.24, 2.45) is 11.5 Å². The smallest absolute Gasteiger partial charge is 0.161 e. The molecule has 0 aliphatic heterocycles. The lowest BCUT2D eigenvalue weighted by atomic mass is 10.1. The first-order chi connectivity index (χ1) is 9.74. The van der Waals surface area contributed by atoms with Crippen LogP contribution in [0.5, 0.6) is 11.5 Å². The molecule has 0 heterocycles. The highest BCUT2D eigenvalue weighted by Gasteiger charge is 2.10. The molecule has 4 nitrogen and oxygen atoms in total. The second kappa shape index (κ2) is 6.93. The Morgan fingerprint density at radius 3 is 2.45 bits per heavy atom. The Bertz CT molecular complexity index is 543. The van der Waals surface area contributed by atoms with E-state index in [4.69, 9.17) is 20.9 Å². The molecule has 0 unspecified atom stereocenters. The first-order valence-corrected chi connectivity index (χ1v) is 6.55. The van der Waals surface area contributed by atoms with Gasteiger partial charge in [-0.05, 0) is 23.3 Å². The zero-order valence-electron chi connectivity index (χ0n) is 11.6. The molecule has 0 aromatic heterocycles. The second-order valence-corrected chi connectivity index (χ2v) is 4.53. The third-order valence-electron chi connectivity index (χ3n) is 3.11. The molecular weight excluding hydrogens is 252 g/mol. The Morgan fingerprint density at radius 1 is 1.05 bits per heavy atom. The van der Waals surface area contributed by atoms with Crippen molar-refractivity contribution in [1.82, 2.24) is 0 Å².